The molecule has 0 fully saturated rings. The van der Waals surface area contributed by atoms with E-state index in [1.165, 1.54) is 24.3 Å². The van der Waals surface area contributed by atoms with Crippen LogP contribution in [-0.4, -0.2) is 22.7 Å². The van der Waals surface area contributed by atoms with E-state index < -0.39 is 30.3 Å². The second kappa shape index (κ2) is 7.35. The van der Waals surface area contributed by atoms with Gasteiger partial charge in [-0.1, -0.05) is 24.3 Å². The summed E-state index contributed by atoms with van der Waals surface area (Å²) >= 11 is 0. The fraction of sp³-hybridized carbons (Fsp3) is 0.235. The second-order valence-corrected chi connectivity index (χ2v) is 5.27. The average molecular weight is 339 g/mol. The zero-order valence-corrected chi connectivity index (χ0v) is 12.5. The van der Waals surface area contributed by atoms with E-state index in [1.54, 1.807) is 12.1 Å². The minimum Gasteiger partial charge on any atom is -0.508 e. The summed E-state index contributed by atoms with van der Waals surface area (Å²) in [6.45, 7) is -0.447. The molecule has 24 heavy (non-hydrogen) atoms. The van der Waals surface area contributed by atoms with Crippen LogP contribution >= 0.6 is 0 Å². The summed E-state index contributed by atoms with van der Waals surface area (Å²) in [5.74, 6) is -0.388. The van der Waals surface area contributed by atoms with Crippen molar-refractivity contribution >= 4 is 5.91 Å². The lowest BCUT2D eigenvalue weighted by Crippen LogP contribution is -2.32. The van der Waals surface area contributed by atoms with Gasteiger partial charge in [0.2, 0.25) is 5.91 Å². The summed E-state index contributed by atoms with van der Waals surface area (Å²) < 4.78 is 37.6. The number of amides is 1. The number of carbonyl (C=O) groups excluding carboxylic acids is 1. The van der Waals surface area contributed by atoms with Crippen LogP contribution in [0.2, 0.25) is 0 Å². The molecule has 0 radical (unpaired) electrons. The number of rotatable bonds is 5. The molecule has 1 amide bonds. The molecule has 0 saturated heterocycles. The minimum absolute atomic E-state index is 0.0223. The maximum absolute atomic E-state index is 12.5. The Balaban J connectivity index is 2.04. The zero-order valence-electron chi connectivity index (χ0n) is 12.5. The number of nitrogens with one attached hydrogen (secondary N) is 1. The highest BCUT2D eigenvalue weighted by Crippen LogP contribution is 2.29. The molecule has 7 heteroatoms. The van der Waals surface area contributed by atoms with E-state index >= 15 is 0 Å². The van der Waals surface area contributed by atoms with Crippen LogP contribution in [0.1, 0.15) is 22.7 Å². The average Bonchev–Trinajstić information content (AvgIpc) is 2.52. The highest BCUT2D eigenvalue weighted by Gasteiger charge is 2.30. The van der Waals surface area contributed by atoms with Gasteiger partial charge in [0.15, 0.2) is 0 Å². The molecule has 0 aliphatic carbocycles. The normalized spacial score (nSPS) is 12.7. The Hall–Kier alpha value is -2.54. The SMILES string of the molecule is O=C(Cc1cccc(O)c1)N[C@@H](CO)c1ccc(C(F)(F)F)cc1. The Kier molecular flexibility index (Phi) is 5.46. The molecule has 0 aliphatic heterocycles. The van der Waals surface area contributed by atoms with Crippen LogP contribution in [-0.2, 0) is 17.4 Å². The predicted octanol–water partition coefficient (Wildman–Crippen LogP) is 2.80. The van der Waals surface area contributed by atoms with Crippen LogP contribution in [0.3, 0.4) is 0 Å². The third-order valence-corrected chi connectivity index (χ3v) is 3.43. The van der Waals surface area contributed by atoms with Gasteiger partial charge in [0.05, 0.1) is 24.6 Å². The largest absolute Gasteiger partial charge is 0.508 e. The number of halogens is 3. The molecule has 2 rings (SSSR count). The summed E-state index contributed by atoms with van der Waals surface area (Å²) in [5, 5.41) is 21.3. The van der Waals surface area contributed by atoms with Crippen LogP contribution in [0.4, 0.5) is 13.2 Å². The fourth-order valence-electron chi connectivity index (χ4n) is 2.24. The molecule has 0 unspecified atom stereocenters. The molecular formula is C17H16F3NO3. The first-order chi connectivity index (χ1) is 11.3. The maximum atomic E-state index is 12.5. The third kappa shape index (κ3) is 4.73. The quantitative estimate of drug-likeness (QED) is 0.785. The summed E-state index contributed by atoms with van der Waals surface area (Å²) in [6, 6.07) is 9.60. The number of benzene rings is 2. The molecule has 0 spiro atoms. The molecule has 0 aromatic heterocycles. The van der Waals surface area contributed by atoms with E-state index in [9.17, 15) is 28.2 Å². The highest BCUT2D eigenvalue weighted by molar-refractivity contribution is 5.79. The first kappa shape index (κ1) is 17.8. The molecule has 3 N–H and O–H groups in total. The van der Waals surface area contributed by atoms with Crippen molar-refractivity contribution in [3.8, 4) is 5.75 Å². The molecule has 2 aromatic rings. The Morgan fingerprint density at radius 3 is 2.33 bits per heavy atom. The number of aromatic hydroxyl groups is 1. The van der Waals surface area contributed by atoms with E-state index in [0.29, 0.717) is 11.1 Å². The van der Waals surface area contributed by atoms with Crippen LogP contribution in [0.25, 0.3) is 0 Å². The lowest BCUT2D eigenvalue weighted by molar-refractivity contribution is -0.137. The summed E-state index contributed by atoms with van der Waals surface area (Å²) in [5.41, 5.74) is 0.153. The van der Waals surface area contributed by atoms with Gasteiger partial charge in [0.25, 0.3) is 0 Å². The molecule has 0 heterocycles. The number of phenols is 1. The van der Waals surface area contributed by atoms with E-state index in [1.807, 2.05) is 0 Å². The van der Waals surface area contributed by atoms with Crippen LogP contribution in [0.15, 0.2) is 48.5 Å². The topological polar surface area (TPSA) is 69.6 Å². The van der Waals surface area contributed by atoms with Gasteiger partial charge in [-0.2, -0.15) is 13.2 Å². The Morgan fingerprint density at radius 1 is 1.12 bits per heavy atom. The van der Waals surface area contributed by atoms with Crippen molar-refractivity contribution in [2.24, 2.45) is 0 Å². The zero-order chi connectivity index (χ0) is 17.7. The van der Waals surface area contributed by atoms with Crippen molar-refractivity contribution < 1.29 is 28.2 Å². The van der Waals surface area contributed by atoms with Gasteiger partial charge in [-0.15, -0.1) is 0 Å². The lowest BCUT2D eigenvalue weighted by atomic mass is 10.0. The van der Waals surface area contributed by atoms with Gasteiger partial charge < -0.3 is 15.5 Å². The van der Waals surface area contributed by atoms with Gasteiger partial charge in [-0.25, -0.2) is 0 Å². The monoisotopic (exact) mass is 339 g/mol. The minimum atomic E-state index is -4.44. The second-order valence-electron chi connectivity index (χ2n) is 5.27. The van der Waals surface area contributed by atoms with E-state index in [-0.39, 0.29) is 12.2 Å². The van der Waals surface area contributed by atoms with Crippen molar-refractivity contribution in [2.45, 2.75) is 18.6 Å². The summed E-state index contributed by atoms with van der Waals surface area (Å²) in [7, 11) is 0. The molecule has 0 bridgehead atoms. The number of aliphatic hydroxyl groups excluding tert-OH is 1. The first-order valence-corrected chi connectivity index (χ1v) is 7.15. The number of alkyl halides is 3. The highest BCUT2D eigenvalue weighted by atomic mass is 19.4. The number of carbonyl (C=O) groups is 1. The molecule has 128 valence electrons. The van der Waals surface area contributed by atoms with Crippen LogP contribution < -0.4 is 5.32 Å². The molecule has 0 aliphatic rings. The summed E-state index contributed by atoms with van der Waals surface area (Å²) in [6.07, 6.45) is -4.46. The molecule has 4 nitrogen and oxygen atoms in total. The Labute approximate surface area is 136 Å². The number of hydrogen-bond donors (Lipinski definition) is 3. The molecule has 2 aromatic carbocycles. The maximum Gasteiger partial charge on any atom is 0.416 e. The van der Waals surface area contributed by atoms with Crippen molar-refractivity contribution in [3.63, 3.8) is 0 Å². The van der Waals surface area contributed by atoms with E-state index in [4.69, 9.17) is 0 Å². The number of phenolic OH excluding ortho intramolecular Hbond substituents is 1. The Bertz CT molecular complexity index is 699. The number of aliphatic hydroxyl groups is 1. The molecule has 1 atom stereocenters. The lowest BCUT2D eigenvalue weighted by Gasteiger charge is -2.17. The first-order valence-electron chi connectivity index (χ1n) is 7.15. The molecular weight excluding hydrogens is 323 g/mol. The van der Waals surface area contributed by atoms with E-state index in [0.717, 1.165) is 12.1 Å². The summed E-state index contributed by atoms with van der Waals surface area (Å²) in [4.78, 5) is 12.0. The van der Waals surface area contributed by atoms with Gasteiger partial charge in [-0.05, 0) is 35.4 Å². The van der Waals surface area contributed by atoms with Crippen LogP contribution in [0, 0.1) is 0 Å². The van der Waals surface area contributed by atoms with Gasteiger partial charge in [-0.3, -0.25) is 4.79 Å². The Morgan fingerprint density at radius 2 is 1.79 bits per heavy atom. The van der Waals surface area contributed by atoms with Crippen molar-refractivity contribution in [2.75, 3.05) is 6.61 Å². The van der Waals surface area contributed by atoms with E-state index in [2.05, 4.69) is 5.32 Å². The smallest absolute Gasteiger partial charge is 0.416 e. The van der Waals surface area contributed by atoms with Gasteiger partial charge in [0.1, 0.15) is 5.75 Å². The predicted molar refractivity (Wildman–Crippen MR) is 81.2 cm³/mol. The van der Waals surface area contributed by atoms with Gasteiger partial charge >= 0.3 is 6.18 Å². The number of hydrogen-bond acceptors (Lipinski definition) is 3. The van der Waals surface area contributed by atoms with Crippen molar-refractivity contribution in [1.29, 1.82) is 0 Å². The van der Waals surface area contributed by atoms with Crippen molar-refractivity contribution in [3.05, 3.63) is 65.2 Å². The van der Waals surface area contributed by atoms with Gasteiger partial charge in [0, 0.05) is 0 Å². The molecule has 0 saturated carbocycles. The standard InChI is InChI=1S/C17H16F3NO3/c18-17(19,20)13-6-4-12(5-7-13)15(10-22)21-16(24)9-11-2-1-3-14(23)8-11/h1-8,15,22-23H,9-10H2,(H,21,24)/t15-/m0/s1. The van der Waals surface area contributed by atoms with Crippen molar-refractivity contribution in [1.82, 2.24) is 5.32 Å². The third-order valence-electron chi connectivity index (χ3n) is 3.43. The fourth-order valence-corrected chi connectivity index (χ4v) is 2.24. The van der Waals surface area contributed by atoms with Crippen LogP contribution in [0.5, 0.6) is 5.75 Å².